The van der Waals surface area contributed by atoms with Crippen molar-refractivity contribution in [2.24, 2.45) is 11.8 Å². The molecule has 0 radical (unpaired) electrons. The van der Waals surface area contributed by atoms with E-state index < -0.39 is 0 Å². The van der Waals surface area contributed by atoms with E-state index in [1.54, 1.807) is 0 Å². The molecule has 2 aromatic rings. The van der Waals surface area contributed by atoms with Crippen molar-refractivity contribution in [3.05, 3.63) is 70.7 Å². The fourth-order valence-electron chi connectivity index (χ4n) is 4.63. The second-order valence-corrected chi connectivity index (χ2v) is 8.04. The van der Waals surface area contributed by atoms with Crippen molar-refractivity contribution in [3.8, 4) is 0 Å². The Morgan fingerprint density at radius 3 is 2.31 bits per heavy atom. The van der Waals surface area contributed by atoms with Crippen LogP contribution < -0.4 is 0 Å². The molecule has 1 saturated carbocycles. The fourth-order valence-corrected chi connectivity index (χ4v) is 4.89. The normalized spacial score (nSPS) is 25.9. The molecule has 2 aliphatic rings. The summed E-state index contributed by atoms with van der Waals surface area (Å²) >= 11 is 6.45. The summed E-state index contributed by atoms with van der Waals surface area (Å²) in [5, 5.41) is 10.5. The first-order chi connectivity index (χ1) is 12.6. The predicted octanol–water partition coefficient (Wildman–Crippen LogP) is 4.09. The minimum Gasteiger partial charge on any atom is -0.393 e. The summed E-state index contributed by atoms with van der Waals surface area (Å²) in [5.74, 6) is 1.07. The van der Waals surface area contributed by atoms with Gasteiger partial charge >= 0.3 is 0 Å². The number of aliphatic hydroxyl groups excluding tert-OH is 1. The quantitative estimate of drug-likeness (QED) is 0.881. The molecule has 2 fully saturated rings. The zero-order valence-corrected chi connectivity index (χ0v) is 15.5. The van der Waals surface area contributed by atoms with E-state index in [9.17, 15) is 9.90 Å². The van der Waals surface area contributed by atoms with Gasteiger partial charge in [-0.1, -0.05) is 60.1 Å². The van der Waals surface area contributed by atoms with E-state index in [2.05, 4.69) is 12.1 Å². The minimum atomic E-state index is -0.178. The maximum atomic E-state index is 13.0. The summed E-state index contributed by atoms with van der Waals surface area (Å²) in [6.45, 7) is 1.56. The Kier molecular flexibility index (Phi) is 5.01. The molecule has 1 aliphatic carbocycles. The lowest BCUT2D eigenvalue weighted by atomic mass is 9.88. The molecule has 2 unspecified atom stereocenters. The maximum absolute atomic E-state index is 13.0. The minimum absolute atomic E-state index is 0.0385. The van der Waals surface area contributed by atoms with Gasteiger partial charge in [0.05, 0.1) is 6.10 Å². The monoisotopic (exact) mass is 369 g/mol. The van der Waals surface area contributed by atoms with Crippen molar-refractivity contribution in [2.45, 2.75) is 31.3 Å². The van der Waals surface area contributed by atoms with Crippen LogP contribution in [0.25, 0.3) is 0 Å². The summed E-state index contributed by atoms with van der Waals surface area (Å²) < 4.78 is 0. The summed E-state index contributed by atoms with van der Waals surface area (Å²) in [4.78, 5) is 15.0. The van der Waals surface area contributed by atoms with Crippen LogP contribution in [0, 0.1) is 11.8 Å². The number of fused-ring (bicyclic) bond motifs is 1. The molecule has 1 amide bonds. The third kappa shape index (κ3) is 3.51. The van der Waals surface area contributed by atoms with E-state index in [4.69, 9.17) is 11.6 Å². The lowest BCUT2D eigenvalue weighted by Gasteiger charge is -2.23. The van der Waals surface area contributed by atoms with E-state index in [0.29, 0.717) is 23.3 Å². The van der Waals surface area contributed by atoms with Crippen molar-refractivity contribution in [1.29, 1.82) is 0 Å². The zero-order chi connectivity index (χ0) is 18.1. The molecular weight excluding hydrogens is 346 g/mol. The van der Waals surface area contributed by atoms with E-state index in [1.807, 2.05) is 47.4 Å². The molecular formula is C22H24ClNO2. The van der Waals surface area contributed by atoms with E-state index in [1.165, 1.54) is 0 Å². The number of amides is 1. The van der Waals surface area contributed by atoms with Crippen LogP contribution in [-0.4, -0.2) is 35.1 Å². The highest BCUT2D eigenvalue weighted by atomic mass is 35.5. The Labute approximate surface area is 159 Å². The topological polar surface area (TPSA) is 40.5 Å². The molecule has 0 spiro atoms. The third-order valence-electron chi connectivity index (χ3n) is 5.94. The molecule has 3 nitrogen and oxygen atoms in total. The van der Waals surface area contributed by atoms with Gasteiger partial charge in [0, 0.05) is 30.5 Å². The van der Waals surface area contributed by atoms with Gasteiger partial charge in [-0.2, -0.15) is 0 Å². The van der Waals surface area contributed by atoms with Gasteiger partial charge in [0.1, 0.15) is 0 Å². The highest BCUT2D eigenvalue weighted by molar-refractivity contribution is 6.31. The van der Waals surface area contributed by atoms with Gasteiger partial charge in [-0.25, -0.2) is 0 Å². The Morgan fingerprint density at radius 1 is 1.04 bits per heavy atom. The molecule has 136 valence electrons. The molecule has 4 heteroatoms. The van der Waals surface area contributed by atoms with Gasteiger partial charge in [-0.3, -0.25) is 4.79 Å². The van der Waals surface area contributed by atoms with Crippen LogP contribution in [0.4, 0.5) is 0 Å². The standard InChI is InChI=1S/C22H24ClNO2/c23-21-9-5-4-8-19(21)20(15-6-2-1-3-7-15)12-22(26)24-13-16-10-18(25)11-17(16)14-24/h1-9,16-18,20,25H,10-14H2/t16-,17+,18?,20?. The summed E-state index contributed by atoms with van der Waals surface area (Å²) in [6.07, 6.45) is 1.92. The van der Waals surface area contributed by atoms with Gasteiger partial charge in [0.25, 0.3) is 0 Å². The number of likely N-dealkylation sites (tertiary alicyclic amines) is 1. The number of carbonyl (C=O) groups is 1. The Bertz CT molecular complexity index is 765. The third-order valence-corrected chi connectivity index (χ3v) is 6.28. The second-order valence-electron chi connectivity index (χ2n) is 7.63. The van der Waals surface area contributed by atoms with Crippen LogP contribution in [0.2, 0.25) is 5.02 Å². The average molecular weight is 370 g/mol. The smallest absolute Gasteiger partial charge is 0.223 e. The molecule has 2 aromatic carbocycles. The van der Waals surface area contributed by atoms with Crippen LogP contribution >= 0.6 is 11.6 Å². The summed E-state index contributed by atoms with van der Waals surface area (Å²) in [7, 11) is 0. The number of benzene rings is 2. The number of halogens is 1. The second kappa shape index (κ2) is 7.42. The molecule has 4 rings (SSSR count). The highest BCUT2D eigenvalue weighted by Gasteiger charge is 2.42. The number of carbonyl (C=O) groups excluding carboxylic acids is 1. The zero-order valence-electron chi connectivity index (χ0n) is 14.7. The van der Waals surface area contributed by atoms with Crippen LogP contribution in [0.3, 0.4) is 0 Å². The van der Waals surface area contributed by atoms with Gasteiger partial charge < -0.3 is 10.0 Å². The van der Waals surface area contributed by atoms with Gasteiger partial charge in [0.2, 0.25) is 5.91 Å². The molecule has 1 saturated heterocycles. The molecule has 1 heterocycles. The Morgan fingerprint density at radius 2 is 1.65 bits per heavy atom. The number of aliphatic hydroxyl groups is 1. The van der Waals surface area contributed by atoms with Gasteiger partial charge in [-0.15, -0.1) is 0 Å². The SMILES string of the molecule is O=C(CC(c1ccccc1)c1ccccc1Cl)N1C[C@H]2CC(O)C[C@H]2C1. The van der Waals surface area contributed by atoms with E-state index in [0.717, 1.165) is 37.1 Å². The number of rotatable bonds is 4. The number of hydrogen-bond donors (Lipinski definition) is 1. The Balaban J connectivity index is 1.54. The number of nitrogens with zero attached hydrogens (tertiary/aromatic N) is 1. The van der Waals surface area contributed by atoms with Crippen LogP contribution in [0.15, 0.2) is 54.6 Å². The van der Waals surface area contributed by atoms with Crippen LogP contribution in [0.1, 0.15) is 36.3 Å². The lowest BCUT2D eigenvalue weighted by Crippen LogP contribution is -2.31. The summed E-state index contributed by atoms with van der Waals surface area (Å²) in [6, 6.07) is 17.9. The number of hydrogen-bond acceptors (Lipinski definition) is 2. The molecule has 26 heavy (non-hydrogen) atoms. The first-order valence-corrected chi connectivity index (χ1v) is 9.75. The average Bonchev–Trinajstić information content (AvgIpc) is 3.18. The van der Waals surface area contributed by atoms with Crippen LogP contribution in [-0.2, 0) is 4.79 Å². The molecule has 0 bridgehead atoms. The van der Waals surface area contributed by atoms with Crippen molar-refractivity contribution in [1.82, 2.24) is 4.90 Å². The first-order valence-electron chi connectivity index (χ1n) is 9.37. The Hall–Kier alpha value is -1.84. The van der Waals surface area contributed by atoms with Crippen molar-refractivity contribution in [3.63, 3.8) is 0 Å². The van der Waals surface area contributed by atoms with Crippen LogP contribution in [0.5, 0.6) is 0 Å². The van der Waals surface area contributed by atoms with E-state index >= 15 is 0 Å². The lowest BCUT2D eigenvalue weighted by molar-refractivity contribution is -0.130. The highest BCUT2D eigenvalue weighted by Crippen LogP contribution is 2.39. The van der Waals surface area contributed by atoms with Crippen molar-refractivity contribution < 1.29 is 9.90 Å². The summed E-state index contributed by atoms with van der Waals surface area (Å²) in [5.41, 5.74) is 2.12. The molecule has 0 aromatic heterocycles. The van der Waals surface area contributed by atoms with Gasteiger partial charge in [-0.05, 0) is 41.9 Å². The molecule has 1 N–H and O–H groups in total. The van der Waals surface area contributed by atoms with Crippen molar-refractivity contribution >= 4 is 17.5 Å². The molecule has 4 atom stereocenters. The van der Waals surface area contributed by atoms with E-state index in [-0.39, 0.29) is 17.9 Å². The predicted molar refractivity (Wildman–Crippen MR) is 103 cm³/mol. The fraction of sp³-hybridized carbons (Fsp3) is 0.409. The van der Waals surface area contributed by atoms with Crippen molar-refractivity contribution in [2.75, 3.05) is 13.1 Å². The maximum Gasteiger partial charge on any atom is 0.223 e. The largest absolute Gasteiger partial charge is 0.393 e. The molecule has 1 aliphatic heterocycles. The first kappa shape index (κ1) is 17.6. The van der Waals surface area contributed by atoms with Gasteiger partial charge in [0.15, 0.2) is 0 Å².